The number of rotatable bonds is 3. The Morgan fingerprint density at radius 2 is 1.37 bits per heavy atom. The van der Waals surface area contributed by atoms with Gasteiger partial charge in [-0.2, -0.15) is 8.42 Å². The number of phenolic OH excluding ortho intramolecular Hbond substituents is 1. The minimum atomic E-state index is -4.62. The molecule has 0 aliphatic heterocycles. The summed E-state index contributed by atoms with van der Waals surface area (Å²) >= 11 is 0. The van der Waals surface area contributed by atoms with Crippen LogP contribution in [0.15, 0.2) is 87.9 Å². The topological polar surface area (TPSA) is 99.3 Å². The van der Waals surface area contributed by atoms with Crippen LogP contribution in [0, 0.1) is 0 Å². The summed E-state index contributed by atoms with van der Waals surface area (Å²) in [6.45, 7) is 0. The lowest BCUT2D eigenvalue weighted by Crippen LogP contribution is -1.98. The van der Waals surface area contributed by atoms with Crippen LogP contribution in [0.5, 0.6) is 5.75 Å². The minimum Gasteiger partial charge on any atom is -0.504 e. The van der Waals surface area contributed by atoms with Crippen molar-refractivity contribution >= 4 is 43.0 Å². The third-order valence-corrected chi connectivity index (χ3v) is 5.13. The van der Waals surface area contributed by atoms with Crippen LogP contribution >= 0.6 is 0 Å². The lowest BCUT2D eigenvalue weighted by atomic mass is 10.1. The first kappa shape index (κ1) is 17.1. The molecule has 0 aromatic heterocycles. The molecule has 0 aliphatic rings. The molecule has 134 valence electrons. The number of nitrogens with zero attached hydrogens (tertiary/aromatic N) is 2. The monoisotopic (exact) mass is 378 g/mol. The van der Waals surface area contributed by atoms with E-state index in [9.17, 15) is 18.1 Å². The van der Waals surface area contributed by atoms with Gasteiger partial charge >= 0.3 is 0 Å². The Morgan fingerprint density at radius 3 is 2.11 bits per heavy atom. The number of azo groups is 1. The fourth-order valence-electron chi connectivity index (χ4n) is 2.99. The fraction of sp³-hybridized carbons (Fsp3) is 0. The zero-order valence-corrected chi connectivity index (χ0v) is 14.8. The molecule has 4 aromatic carbocycles. The van der Waals surface area contributed by atoms with Crippen LogP contribution in [0.2, 0.25) is 0 Å². The van der Waals surface area contributed by atoms with Crippen molar-refractivity contribution < 1.29 is 18.1 Å². The van der Waals surface area contributed by atoms with E-state index in [1.54, 1.807) is 30.3 Å². The maximum absolute atomic E-state index is 11.6. The lowest BCUT2D eigenvalue weighted by molar-refractivity contribution is 0.445. The molecule has 2 N–H and O–H groups in total. The first-order valence-electron chi connectivity index (χ1n) is 8.07. The SMILES string of the molecule is O=S(=O)(O)c1cc2ccccc2c(N=Nc2cccc3ccccc23)c1O. The quantitative estimate of drug-likeness (QED) is 0.370. The average Bonchev–Trinajstić information content (AvgIpc) is 2.66. The lowest BCUT2D eigenvalue weighted by Gasteiger charge is -2.08. The van der Waals surface area contributed by atoms with Crippen molar-refractivity contribution in [1.29, 1.82) is 0 Å². The number of aromatic hydroxyl groups is 1. The Hall–Kier alpha value is -3.29. The molecular weight excluding hydrogens is 364 g/mol. The Labute approximate surface area is 155 Å². The highest BCUT2D eigenvalue weighted by Crippen LogP contribution is 2.41. The van der Waals surface area contributed by atoms with Gasteiger partial charge in [-0.05, 0) is 22.9 Å². The smallest absolute Gasteiger partial charge is 0.298 e. The van der Waals surface area contributed by atoms with Gasteiger partial charge in [0.2, 0.25) is 0 Å². The standard InChI is InChI=1S/C20H14N2O4S/c23-20-18(27(24,25)26)12-14-7-2-4-10-16(14)19(20)22-21-17-11-5-8-13-6-1-3-9-15(13)17/h1-12,23H,(H,24,25,26). The molecule has 0 bridgehead atoms. The summed E-state index contributed by atoms with van der Waals surface area (Å²) < 4.78 is 32.7. The van der Waals surface area contributed by atoms with Gasteiger partial charge in [0.15, 0.2) is 5.75 Å². The van der Waals surface area contributed by atoms with Gasteiger partial charge in [-0.1, -0.05) is 60.7 Å². The Bertz CT molecular complexity index is 1310. The van der Waals surface area contributed by atoms with Gasteiger partial charge in [0.05, 0.1) is 5.69 Å². The van der Waals surface area contributed by atoms with Crippen molar-refractivity contribution in [3.05, 3.63) is 72.8 Å². The highest BCUT2D eigenvalue weighted by Gasteiger charge is 2.21. The normalized spacial score (nSPS) is 12.2. The zero-order chi connectivity index (χ0) is 19.0. The first-order chi connectivity index (χ1) is 12.9. The van der Waals surface area contributed by atoms with Crippen LogP contribution in [-0.4, -0.2) is 18.1 Å². The van der Waals surface area contributed by atoms with Crippen LogP contribution in [0.4, 0.5) is 11.4 Å². The Balaban J connectivity index is 1.96. The molecule has 0 fully saturated rings. The van der Waals surface area contributed by atoms with E-state index in [-0.39, 0.29) is 5.69 Å². The summed E-state index contributed by atoms with van der Waals surface area (Å²) in [5, 5.41) is 21.7. The second kappa shape index (κ2) is 6.46. The number of hydrogen-bond acceptors (Lipinski definition) is 5. The minimum absolute atomic E-state index is 0.0198. The van der Waals surface area contributed by atoms with Gasteiger partial charge in [0, 0.05) is 10.8 Å². The van der Waals surface area contributed by atoms with Gasteiger partial charge in [-0.3, -0.25) is 4.55 Å². The molecule has 0 unspecified atom stereocenters. The van der Waals surface area contributed by atoms with Gasteiger partial charge in [0.1, 0.15) is 10.6 Å². The third-order valence-electron chi connectivity index (χ3n) is 4.26. The molecule has 0 amide bonds. The molecule has 0 saturated carbocycles. The summed E-state index contributed by atoms with van der Waals surface area (Å²) in [5.41, 5.74) is 0.558. The summed E-state index contributed by atoms with van der Waals surface area (Å²) in [4.78, 5) is -0.604. The van der Waals surface area contributed by atoms with Crippen molar-refractivity contribution in [3.8, 4) is 5.75 Å². The molecule has 0 aliphatic carbocycles. The molecule has 0 atom stereocenters. The van der Waals surface area contributed by atoms with Crippen molar-refractivity contribution in [3.63, 3.8) is 0 Å². The van der Waals surface area contributed by atoms with Crippen molar-refractivity contribution in [2.75, 3.05) is 0 Å². The second-order valence-electron chi connectivity index (χ2n) is 5.97. The fourth-order valence-corrected chi connectivity index (χ4v) is 3.61. The molecule has 4 aromatic rings. The Morgan fingerprint density at radius 1 is 0.741 bits per heavy atom. The molecular formula is C20H14N2O4S. The number of phenols is 1. The summed E-state index contributed by atoms with van der Waals surface area (Å²) in [5.74, 6) is -0.639. The van der Waals surface area contributed by atoms with Gasteiger partial charge < -0.3 is 5.11 Å². The van der Waals surface area contributed by atoms with E-state index in [1.807, 2.05) is 36.4 Å². The van der Waals surface area contributed by atoms with Crippen LogP contribution < -0.4 is 0 Å². The summed E-state index contributed by atoms with van der Waals surface area (Å²) in [6, 6.07) is 21.2. The molecule has 27 heavy (non-hydrogen) atoms. The Kier molecular flexibility index (Phi) is 4.10. The van der Waals surface area contributed by atoms with E-state index in [0.717, 1.165) is 10.8 Å². The summed E-state index contributed by atoms with van der Waals surface area (Å²) in [7, 11) is -4.62. The second-order valence-corrected chi connectivity index (χ2v) is 7.36. The first-order valence-corrected chi connectivity index (χ1v) is 9.51. The number of hydrogen-bond donors (Lipinski definition) is 2. The predicted molar refractivity (Wildman–Crippen MR) is 104 cm³/mol. The largest absolute Gasteiger partial charge is 0.504 e. The van der Waals surface area contributed by atoms with Crippen LogP contribution in [0.1, 0.15) is 0 Å². The molecule has 0 radical (unpaired) electrons. The molecule has 0 spiro atoms. The van der Waals surface area contributed by atoms with Gasteiger partial charge in [0.25, 0.3) is 10.1 Å². The van der Waals surface area contributed by atoms with E-state index >= 15 is 0 Å². The van der Waals surface area contributed by atoms with E-state index in [4.69, 9.17) is 0 Å². The molecule has 6 nitrogen and oxygen atoms in total. The average molecular weight is 378 g/mol. The van der Waals surface area contributed by atoms with Crippen LogP contribution in [-0.2, 0) is 10.1 Å². The number of benzene rings is 4. The van der Waals surface area contributed by atoms with Gasteiger partial charge in [-0.25, -0.2) is 0 Å². The van der Waals surface area contributed by atoms with Gasteiger partial charge in [-0.15, -0.1) is 10.2 Å². The van der Waals surface area contributed by atoms with Crippen molar-refractivity contribution in [2.45, 2.75) is 4.90 Å². The summed E-state index contributed by atoms with van der Waals surface area (Å²) in [6.07, 6.45) is 0. The molecule has 7 heteroatoms. The molecule has 4 rings (SSSR count). The highest BCUT2D eigenvalue weighted by atomic mass is 32.2. The van der Waals surface area contributed by atoms with E-state index in [1.165, 1.54) is 6.07 Å². The van der Waals surface area contributed by atoms with E-state index < -0.39 is 20.8 Å². The van der Waals surface area contributed by atoms with Crippen LogP contribution in [0.25, 0.3) is 21.5 Å². The zero-order valence-electron chi connectivity index (χ0n) is 13.9. The van der Waals surface area contributed by atoms with Crippen molar-refractivity contribution in [2.24, 2.45) is 10.2 Å². The van der Waals surface area contributed by atoms with Crippen molar-refractivity contribution in [1.82, 2.24) is 0 Å². The maximum Gasteiger partial charge on any atom is 0.298 e. The predicted octanol–water partition coefficient (Wildman–Crippen LogP) is 5.36. The van der Waals surface area contributed by atoms with E-state index in [2.05, 4.69) is 10.2 Å². The van der Waals surface area contributed by atoms with E-state index in [0.29, 0.717) is 16.5 Å². The molecule has 0 saturated heterocycles. The molecule has 0 heterocycles. The van der Waals surface area contributed by atoms with Crippen LogP contribution in [0.3, 0.4) is 0 Å². The maximum atomic E-state index is 11.6. The number of fused-ring (bicyclic) bond motifs is 2. The highest BCUT2D eigenvalue weighted by molar-refractivity contribution is 7.86. The third kappa shape index (κ3) is 3.14.